The van der Waals surface area contributed by atoms with E-state index >= 15 is 0 Å². The second-order valence-corrected chi connectivity index (χ2v) is 6.00. The SMILES string of the molecule is CCN(C(C)=O)c1nc(CN(CCOC)Cc2ccco2)cs1. The average Bonchev–Trinajstić information content (AvgIpc) is 3.17. The van der Waals surface area contributed by atoms with Crippen LogP contribution in [0.3, 0.4) is 0 Å². The monoisotopic (exact) mass is 337 g/mol. The van der Waals surface area contributed by atoms with Crippen molar-refractivity contribution in [3.05, 3.63) is 35.2 Å². The number of amides is 1. The number of ether oxygens (including phenoxy) is 1. The lowest BCUT2D eigenvalue weighted by Gasteiger charge is -2.20. The molecule has 0 aliphatic rings. The van der Waals surface area contributed by atoms with Gasteiger partial charge in [-0.15, -0.1) is 11.3 Å². The number of anilines is 1. The fourth-order valence-electron chi connectivity index (χ4n) is 2.27. The topological polar surface area (TPSA) is 58.8 Å². The van der Waals surface area contributed by atoms with Gasteiger partial charge in [0.25, 0.3) is 0 Å². The molecule has 0 fully saturated rings. The lowest BCUT2D eigenvalue weighted by Crippen LogP contribution is -2.28. The first-order valence-corrected chi connectivity index (χ1v) is 8.48. The Morgan fingerprint density at radius 1 is 1.43 bits per heavy atom. The number of aromatic nitrogens is 1. The van der Waals surface area contributed by atoms with Crippen molar-refractivity contribution in [1.82, 2.24) is 9.88 Å². The van der Waals surface area contributed by atoms with Gasteiger partial charge in [0.2, 0.25) is 5.91 Å². The smallest absolute Gasteiger partial charge is 0.225 e. The van der Waals surface area contributed by atoms with E-state index in [4.69, 9.17) is 9.15 Å². The zero-order chi connectivity index (χ0) is 16.7. The summed E-state index contributed by atoms with van der Waals surface area (Å²) in [6.45, 7) is 6.96. The van der Waals surface area contributed by atoms with Gasteiger partial charge in [-0.25, -0.2) is 4.98 Å². The van der Waals surface area contributed by atoms with Gasteiger partial charge in [0, 0.05) is 39.0 Å². The van der Waals surface area contributed by atoms with Gasteiger partial charge in [-0.2, -0.15) is 0 Å². The number of nitrogens with zero attached hydrogens (tertiary/aromatic N) is 3. The quantitative estimate of drug-likeness (QED) is 0.704. The predicted octanol–water partition coefficient (Wildman–Crippen LogP) is 2.76. The minimum absolute atomic E-state index is 0.0141. The van der Waals surface area contributed by atoms with Gasteiger partial charge in [-0.05, 0) is 19.1 Å². The highest BCUT2D eigenvalue weighted by Crippen LogP contribution is 2.22. The van der Waals surface area contributed by atoms with Crippen molar-refractivity contribution in [3.63, 3.8) is 0 Å². The van der Waals surface area contributed by atoms with Crippen LogP contribution in [-0.4, -0.2) is 42.6 Å². The number of carbonyl (C=O) groups excluding carboxylic acids is 1. The zero-order valence-electron chi connectivity index (χ0n) is 13.8. The molecule has 0 saturated heterocycles. The molecule has 2 rings (SSSR count). The third-order valence-electron chi connectivity index (χ3n) is 3.42. The molecular formula is C16H23N3O3S. The van der Waals surface area contributed by atoms with Crippen molar-refractivity contribution in [2.75, 3.05) is 31.7 Å². The van der Waals surface area contributed by atoms with Crippen molar-refractivity contribution < 1.29 is 13.9 Å². The molecular weight excluding hydrogens is 314 g/mol. The van der Waals surface area contributed by atoms with E-state index < -0.39 is 0 Å². The number of hydrogen-bond acceptors (Lipinski definition) is 6. The molecule has 0 saturated carbocycles. The lowest BCUT2D eigenvalue weighted by molar-refractivity contribution is -0.116. The van der Waals surface area contributed by atoms with Gasteiger partial charge in [-0.1, -0.05) is 0 Å². The summed E-state index contributed by atoms with van der Waals surface area (Å²) in [4.78, 5) is 20.1. The van der Waals surface area contributed by atoms with Gasteiger partial charge >= 0.3 is 0 Å². The molecule has 0 aliphatic heterocycles. The summed E-state index contributed by atoms with van der Waals surface area (Å²) in [7, 11) is 1.69. The largest absolute Gasteiger partial charge is 0.468 e. The molecule has 0 N–H and O–H groups in total. The van der Waals surface area contributed by atoms with Crippen LogP contribution in [0.1, 0.15) is 25.3 Å². The summed E-state index contributed by atoms with van der Waals surface area (Å²) in [5.41, 5.74) is 0.951. The Morgan fingerprint density at radius 2 is 2.26 bits per heavy atom. The molecule has 1 amide bonds. The Morgan fingerprint density at radius 3 is 2.87 bits per heavy atom. The summed E-state index contributed by atoms with van der Waals surface area (Å²) in [6.07, 6.45) is 1.68. The molecule has 2 aromatic heterocycles. The van der Waals surface area contributed by atoms with Crippen molar-refractivity contribution >= 4 is 22.4 Å². The molecule has 0 aromatic carbocycles. The molecule has 2 aromatic rings. The standard InChI is InChI=1S/C16H23N3O3S/c1-4-19(13(2)20)16-17-14(12-23-16)10-18(7-9-21-3)11-15-6-5-8-22-15/h5-6,8,12H,4,7,9-11H2,1-3H3. The first kappa shape index (κ1) is 17.7. The first-order valence-electron chi connectivity index (χ1n) is 7.60. The van der Waals surface area contributed by atoms with Crippen molar-refractivity contribution in [1.29, 1.82) is 0 Å². The fourth-order valence-corrected chi connectivity index (χ4v) is 3.20. The average molecular weight is 337 g/mol. The molecule has 0 bridgehead atoms. The maximum absolute atomic E-state index is 11.6. The molecule has 2 heterocycles. The number of thiazole rings is 1. The molecule has 0 spiro atoms. The Bertz CT molecular complexity index is 597. The second kappa shape index (κ2) is 8.81. The summed E-state index contributed by atoms with van der Waals surface area (Å²) >= 11 is 1.50. The predicted molar refractivity (Wildman–Crippen MR) is 90.5 cm³/mol. The maximum Gasteiger partial charge on any atom is 0.225 e. The zero-order valence-corrected chi connectivity index (χ0v) is 14.6. The highest BCUT2D eigenvalue weighted by atomic mass is 32.1. The van der Waals surface area contributed by atoms with Crippen molar-refractivity contribution in [2.24, 2.45) is 0 Å². The Balaban J connectivity index is 2.03. The number of hydrogen-bond donors (Lipinski definition) is 0. The Labute approximate surface area is 140 Å². The molecule has 23 heavy (non-hydrogen) atoms. The van der Waals surface area contributed by atoms with E-state index in [0.29, 0.717) is 26.2 Å². The second-order valence-electron chi connectivity index (χ2n) is 5.17. The van der Waals surface area contributed by atoms with Crippen LogP contribution in [-0.2, 0) is 22.6 Å². The minimum Gasteiger partial charge on any atom is -0.468 e. The van der Waals surface area contributed by atoms with E-state index in [9.17, 15) is 4.79 Å². The molecule has 126 valence electrons. The van der Waals surface area contributed by atoms with Crippen LogP contribution in [0.5, 0.6) is 0 Å². The Kier molecular flexibility index (Phi) is 6.76. The number of furan rings is 1. The van der Waals surface area contributed by atoms with E-state index in [0.717, 1.165) is 23.1 Å². The number of methoxy groups -OCH3 is 1. The van der Waals surface area contributed by atoms with E-state index in [1.54, 1.807) is 25.2 Å². The highest BCUT2D eigenvalue weighted by Gasteiger charge is 2.15. The van der Waals surface area contributed by atoms with E-state index in [1.807, 2.05) is 24.4 Å². The van der Waals surface area contributed by atoms with Gasteiger partial charge in [0.05, 0.1) is 25.1 Å². The summed E-state index contributed by atoms with van der Waals surface area (Å²) in [5, 5.41) is 2.75. The highest BCUT2D eigenvalue weighted by molar-refractivity contribution is 7.14. The third kappa shape index (κ3) is 5.16. The van der Waals surface area contributed by atoms with Gasteiger partial charge in [0.1, 0.15) is 5.76 Å². The van der Waals surface area contributed by atoms with Gasteiger partial charge in [-0.3, -0.25) is 14.6 Å². The molecule has 0 radical (unpaired) electrons. The van der Waals surface area contributed by atoms with Crippen LogP contribution in [0.25, 0.3) is 0 Å². The maximum atomic E-state index is 11.6. The fraction of sp³-hybridized carbons (Fsp3) is 0.500. The summed E-state index contributed by atoms with van der Waals surface area (Å²) < 4.78 is 10.6. The molecule has 7 heteroatoms. The van der Waals surface area contributed by atoms with Crippen molar-refractivity contribution in [2.45, 2.75) is 26.9 Å². The van der Waals surface area contributed by atoms with Crippen LogP contribution >= 0.6 is 11.3 Å². The number of carbonyl (C=O) groups is 1. The first-order chi connectivity index (χ1) is 11.1. The Hall–Kier alpha value is -1.70. The molecule has 0 aliphatic carbocycles. The van der Waals surface area contributed by atoms with Crippen LogP contribution in [0.2, 0.25) is 0 Å². The number of rotatable bonds is 9. The molecule has 0 unspecified atom stereocenters. The summed E-state index contributed by atoms with van der Waals surface area (Å²) in [5.74, 6) is 0.927. The van der Waals surface area contributed by atoms with Crippen LogP contribution in [0, 0.1) is 0 Å². The van der Waals surface area contributed by atoms with Gasteiger partial charge in [0.15, 0.2) is 5.13 Å². The van der Waals surface area contributed by atoms with Crippen LogP contribution < -0.4 is 4.90 Å². The molecule has 6 nitrogen and oxygen atoms in total. The van der Waals surface area contributed by atoms with Crippen molar-refractivity contribution in [3.8, 4) is 0 Å². The minimum atomic E-state index is 0.0141. The van der Waals surface area contributed by atoms with E-state index in [2.05, 4.69) is 9.88 Å². The summed E-state index contributed by atoms with van der Waals surface area (Å²) in [6, 6.07) is 3.84. The third-order valence-corrected chi connectivity index (χ3v) is 4.34. The molecule has 0 atom stereocenters. The van der Waals surface area contributed by atoms with E-state index in [-0.39, 0.29) is 5.91 Å². The van der Waals surface area contributed by atoms with Crippen LogP contribution in [0.15, 0.2) is 28.2 Å². The van der Waals surface area contributed by atoms with Gasteiger partial charge < -0.3 is 9.15 Å². The lowest BCUT2D eigenvalue weighted by atomic mass is 10.3. The van der Waals surface area contributed by atoms with Crippen LogP contribution in [0.4, 0.5) is 5.13 Å². The normalized spacial score (nSPS) is 11.1. The van der Waals surface area contributed by atoms with E-state index in [1.165, 1.54) is 11.3 Å².